The highest BCUT2D eigenvalue weighted by molar-refractivity contribution is 7.98. The number of piperazine rings is 1. The summed E-state index contributed by atoms with van der Waals surface area (Å²) in [4.78, 5) is 18.6. The maximum absolute atomic E-state index is 13.3. The van der Waals surface area contributed by atoms with Crippen molar-refractivity contribution >= 4 is 23.4 Å². The van der Waals surface area contributed by atoms with Crippen LogP contribution in [-0.2, 0) is 5.75 Å². The highest BCUT2D eigenvalue weighted by Gasteiger charge is 2.24. The topological polar surface area (TPSA) is 49.6 Å². The molecule has 5 nitrogen and oxygen atoms in total. The van der Waals surface area contributed by atoms with E-state index >= 15 is 0 Å². The molecule has 0 atom stereocenters. The highest BCUT2D eigenvalue weighted by Crippen LogP contribution is 2.30. The van der Waals surface area contributed by atoms with Crippen molar-refractivity contribution < 1.29 is 9.32 Å². The van der Waals surface area contributed by atoms with E-state index < -0.39 is 0 Å². The summed E-state index contributed by atoms with van der Waals surface area (Å²) in [6.45, 7) is 9.16. The second-order valence-electron chi connectivity index (χ2n) is 7.71. The lowest BCUT2D eigenvalue weighted by Gasteiger charge is -2.36. The molecule has 1 aliphatic rings. The lowest BCUT2D eigenvalue weighted by atomic mass is 10.1. The molecule has 1 aromatic heterocycles. The molecule has 0 saturated carbocycles. The maximum Gasteiger partial charge on any atom is 0.255 e. The third-order valence-electron chi connectivity index (χ3n) is 5.60. The van der Waals surface area contributed by atoms with E-state index in [1.807, 2.05) is 43.0 Å². The predicted molar refractivity (Wildman–Crippen MR) is 121 cm³/mol. The van der Waals surface area contributed by atoms with Crippen LogP contribution in [-0.4, -0.2) is 42.1 Å². The van der Waals surface area contributed by atoms with Crippen LogP contribution in [0.4, 0.5) is 5.69 Å². The van der Waals surface area contributed by atoms with Gasteiger partial charge in [0.2, 0.25) is 0 Å². The molecule has 0 N–H and O–H groups in total. The Balaban J connectivity index is 1.43. The zero-order valence-electron chi connectivity index (χ0n) is 17.7. The number of benzene rings is 2. The van der Waals surface area contributed by atoms with Gasteiger partial charge >= 0.3 is 0 Å². The summed E-state index contributed by atoms with van der Waals surface area (Å²) in [6.07, 6.45) is 0. The summed E-state index contributed by atoms with van der Waals surface area (Å²) in [7, 11) is 0. The smallest absolute Gasteiger partial charge is 0.255 e. The normalized spacial score (nSPS) is 14.2. The largest absolute Gasteiger partial charge is 0.368 e. The Bertz CT molecular complexity index is 1020. The number of rotatable bonds is 5. The molecule has 2 aromatic carbocycles. The van der Waals surface area contributed by atoms with Crippen molar-refractivity contribution in [1.29, 1.82) is 0 Å². The molecule has 6 heteroatoms. The van der Waals surface area contributed by atoms with E-state index in [1.165, 1.54) is 11.3 Å². The summed E-state index contributed by atoms with van der Waals surface area (Å²) in [6, 6.07) is 16.4. The molecule has 1 aliphatic heterocycles. The molecule has 0 aliphatic carbocycles. The van der Waals surface area contributed by atoms with Gasteiger partial charge in [-0.2, -0.15) is 0 Å². The molecular formula is C24H27N3O2S. The number of carbonyl (C=O) groups is 1. The fourth-order valence-corrected chi connectivity index (χ4v) is 4.99. The van der Waals surface area contributed by atoms with Crippen LogP contribution in [0, 0.1) is 20.8 Å². The number of amides is 1. The molecule has 2 heterocycles. The van der Waals surface area contributed by atoms with Crippen LogP contribution >= 0.6 is 11.8 Å². The van der Waals surface area contributed by atoms with E-state index in [0.29, 0.717) is 0 Å². The summed E-state index contributed by atoms with van der Waals surface area (Å²) >= 11 is 1.67. The van der Waals surface area contributed by atoms with Gasteiger partial charge < -0.3 is 14.3 Å². The van der Waals surface area contributed by atoms with Gasteiger partial charge in [-0.05, 0) is 50.6 Å². The first kappa shape index (κ1) is 20.5. The van der Waals surface area contributed by atoms with Crippen molar-refractivity contribution in [3.05, 3.63) is 76.7 Å². The first-order chi connectivity index (χ1) is 14.5. The van der Waals surface area contributed by atoms with Crippen LogP contribution < -0.4 is 4.90 Å². The molecule has 0 radical (unpaired) electrons. The van der Waals surface area contributed by atoms with Gasteiger partial charge in [0, 0.05) is 48.1 Å². The number of hydrogen-bond acceptors (Lipinski definition) is 5. The Kier molecular flexibility index (Phi) is 6.13. The zero-order valence-corrected chi connectivity index (χ0v) is 18.5. The van der Waals surface area contributed by atoms with Gasteiger partial charge in [0.1, 0.15) is 5.76 Å². The third kappa shape index (κ3) is 4.38. The first-order valence-electron chi connectivity index (χ1n) is 10.3. The summed E-state index contributed by atoms with van der Waals surface area (Å²) < 4.78 is 5.27. The molecule has 4 rings (SSSR count). The van der Waals surface area contributed by atoms with Crippen LogP contribution in [0.25, 0.3) is 0 Å². The number of nitrogens with zero attached hydrogens (tertiary/aromatic N) is 3. The predicted octanol–water partition coefficient (Wildman–Crippen LogP) is 4.85. The molecule has 30 heavy (non-hydrogen) atoms. The summed E-state index contributed by atoms with van der Waals surface area (Å²) in [5.74, 6) is 1.70. The number of aryl methyl sites for hydroxylation is 3. The number of aromatic nitrogens is 1. The SMILES string of the molecule is Cc1cccc(N2CCN(C(=O)c3ccccc3SCc3c(C)noc3C)CC2)c1. The Hall–Kier alpha value is -2.73. The lowest BCUT2D eigenvalue weighted by molar-refractivity contribution is 0.0743. The second-order valence-corrected chi connectivity index (χ2v) is 8.72. The number of hydrogen-bond donors (Lipinski definition) is 0. The van der Waals surface area contributed by atoms with E-state index in [2.05, 4.69) is 41.2 Å². The first-order valence-corrected chi connectivity index (χ1v) is 11.3. The number of anilines is 1. The van der Waals surface area contributed by atoms with Crippen LogP contribution in [0.1, 0.15) is 32.9 Å². The highest BCUT2D eigenvalue weighted by atomic mass is 32.2. The summed E-state index contributed by atoms with van der Waals surface area (Å²) in [5, 5.41) is 4.03. The minimum atomic E-state index is 0.112. The molecule has 0 bridgehead atoms. The minimum absolute atomic E-state index is 0.112. The van der Waals surface area contributed by atoms with E-state index in [0.717, 1.165) is 59.4 Å². The number of thioether (sulfide) groups is 1. The van der Waals surface area contributed by atoms with Crippen molar-refractivity contribution in [2.24, 2.45) is 0 Å². The third-order valence-corrected chi connectivity index (χ3v) is 6.70. The van der Waals surface area contributed by atoms with E-state index in [-0.39, 0.29) is 5.91 Å². The monoisotopic (exact) mass is 421 g/mol. The van der Waals surface area contributed by atoms with Crippen molar-refractivity contribution in [1.82, 2.24) is 10.1 Å². The van der Waals surface area contributed by atoms with Crippen molar-refractivity contribution in [2.45, 2.75) is 31.4 Å². The standard InChI is InChI=1S/C24H27N3O2S/c1-17-7-6-8-20(15-17)26-11-13-27(14-12-26)24(28)21-9-4-5-10-23(21)30-16-22-18(2)25-29-19(22)3/h4-10,15H,11-14,16H2,1-3H3. The van der Waals surface area contributed by atoms with Gasteiger partial charge in [-0.3, -0.25) is 4.79 Å². The van der Waals surface area contributed by atoms with Gasteiger partial charge in [-0.25, -0.2) is 0 Å². The Morgan fingerprint density at radius 3 is 2.50 bits per heavy atom. The van der Waals surface area contributed by atoms with Gasteiger partial charge in [0.05, 0.1) is 11.3 Å². The molecule has 1 fully saturated rings. The molecule has 156 valence electrons. The molecule has 0 spiro atoms. The Morgan fingerprint density at radius 2 is 1.80 bits per heavy atom. The van der Waals surface area contributed by atoms with E-state index in [4.69, 9.17) is 4.52 Å². The number of carbonyl (C=O) groups excluding carboxylic acids is 1. The van der Waals surface area contributed by atoms with Crippen molar-refractivity contribution in [3.63, 3.8) is 0 Å². The summed E-state index contributed by atoms with van der Waals surface area (Å²) in [5.41, 5.74) is 5.29. The van der Waals surface area contributed by atoms with Crippen molar-refractivity contribution in [3.8, 4) is 0 Å². The second kappa shape index (κ2) is 8.96. The molecule has 0 unspecified atom stereocenters. The van der Waals surface area contributed by atoms with Crippen LogP contribution in [0.2, 0.25) is 0 Å². The molecular weight excluding hydrogens is 394 g/mol. The van der Waals surface area contributed by atoms with Gasteiger partial charge in [-0.15, -0.1) is 11.8 Å². The Morgan fingerprint density at radius 1 is 1.03 bits per heavy atom. The maximum atomic E-state index is 13.3. The van der Waals surface area contributed by atoms with E-state index in [1.54, 1.807) is 11.8 Å². The van der Waals surface area contributed by atoms with Crippen LogP contribution in [0.3, 0.4) is 0 Å². The van der Waals surface area contributed by atoms with Crippen molar-refractivity contribution in [2.75, 3.05) is 31.1 Å². The fourth-order valence-electron chi connectivity index (χ4n) is 3.79. The molecule has 1 amide bonds. The lowest BCUT2D eigenvalue weighted by Crippen LogP contribution is -2.48. The van der Waals surface area contributed by atoms with Gasteiger partial charge in [0.15, 0.2) is 0 Å². The quantitative estimate of drug-likeness (QED) is 0.551. The average Bonchev–Trinajstić information content (AvgIpc) is 3.09. The molecule has 1 saturated heterocycles. The van der Waals surface area contributed by atoms with Crippen LogP contribution in [0.15, 0.2) is 57.9 Å². The average molecular weight is 422 g/mol. The zero-order chi connectivity index (χ0) is 21.1. The van der Waals surface area contributed by atoms with Crippen LogP contribution in [0.5, 0.6) is 0 Å². The van der Waals surface area contributed by atoms with Gasteiger partial charge in [0.25, 0.3) is 5.91 Å². The minimum Gasteiger partial charge on any atom is -0.368 e. The van der Waals surface area contributed by atoms with Gasteiger partial charge in [-0.1, -0.05) is 29.4 Å². The van der Waals surface area contributed by atoms with E-state index in [9.17, 15) is 4.79 Å². The molecule has 3 aromatic rings. The Labute approximate surface area is 182 Å². The fraction of sp³-hybridized carbons (Fsp3) is 0.333.